The topological polar surface area (TPSA) is 64.7 Å². The smallest absolute Gasteiger partial charge is 0.269 e. The summed E-state index contributed by atoms with van der Waals surface area (Å²) in [7, 11) is 3.34. The van der Waals surface area contributed by atoms with Gasteiger partial charge in [-0.15, -0.1) is 0 Å². The lowest BCUT2D eigenvalue weighted by Gasteiger charge is -2.20. The first-order valence-electron chi connectivity index (χ1n) is 6.65. The third kappa shape index (κ3) is 5.93. The molecule has 0 aliphatic carbocycles. The van der Waals surface area contributed by atoms with E-state index >= 15 is 0 Å². The van der Waals surface area contributed by atoms with E-state index in [0.29, 0.717) is 19.8 Å². The zero-order chi connectivity index (χ0) is 18.3. The second kappa shape index (κ2) is 9.82. The van der Waals surface area contributed by atoms with Crippen molar-refractivity contribution < 1.29 is 9.59 Å². The van der Waals surface area contributed by atoms with E-state index in [2.05, 4.69) is 10.9 Å². The van der Waals surface area contributed by atoms with Gasteiger partial charge in [0.1, 0.15) is 0 Å². The van der Waals surface area contributed by atoms with Crippen LogP contribution in [0.1, 0.15) is 20.7 Å². The molecule has 2 amide bonds. The summed E-state index contributed by atoms with van der Waals surface area (Å²) < 4.78 is 1.10. The lowest BCUT2D eigenvalue weighted by atomic mass is 10.1. The molecule has 0 bridgehead atoms. The number of nitrogens with zero attached hydrogens (tertiary/aromatic N) is 2. The highest BCUT2D eigenvalue weighted by Gasteiger charge is 2.13. The molecule has 1 aromatic rings. The van der Waals surface area contributed by atoms with Crippen LogP contribution in [0.3, 0.4) is 0 Å². The van der Waals surface area contributed by atoms with Crippen LogP contribution in [0.4, 0.5) is 0 Å². The largest absolute Gasteiger partial charge is 0.272 e. The number of thioether (sulfide) groups is 2. The number of hydrazine groups is 2. The Morgan fingerprint density at radius 1 is 0.833 bits per heavy atom. The van der Waals surface area contributed by atoms with Gasteiger partial charge in [-0.05, 0) is 36.8 Å². The van der Waals surface area contributed by atoms with Crippen molar-refractivity contribution in [2.75, 3.05) is 26.6 Å². The summed E-state index contributed by atoms with van der Waals surface area (Å²) in [6.07, 6.45) is 3.66. The van der Waals surface area contributed by atoms with E-state index in [1.54, 1.807) is 38.4 Å². The zero-order valence-corrected chi connectivity index (χ0v) is 16.9. The summed E-state index contributed by atoms with van der Waals surface area (Å²) in [4.78, 5) is 24.2. The lowest BCUT2D eigenvalue weighted by Crippen LogP contribution is -2.41. The van der Waals surface area contributed by atoms with Gasteiger partial charge in [0.15, 0.2) is 8.64 Å². The molecule has 0 spiro atoms. The molecule has 0 aromatic heterocycles. The quantitative estimate of drug-likeness (QED) is 0.576. The Hall–Kier alpha value is -1.36. The Bertz CT molecular complexity index is 581. The Morgan fingerprint density at radius 2 is 1.12 bits per heavy atom. The second-order valence-corrected chi connectivity index (χ2v) is 7.40. The van der Waals surface area contributed by atoms with Crippen molar-refractivity contribution in [1.82, 2.24) is 20.9 Å². The Labute approximate surface area is 160 Å². The highest BCUT2D eigenvalue weighted by molar-refractivity contribution is 8.22. The number of thiocarbonyl (C=S) groups is 2. The van der Waals surface area contributed by atoms with Gasteiger partial charge in [-0.2, -0.15) is 0 Å². The maximum atomic E-state index is 12.1. The van der Waals surface area contributed by atoms with Crippen LogP contribution in [0.5, 0.6) is 0 Å². The molecular weight excluding hydrogens is 384 g/mol. The molecule has 2 N–H and O–H groups in total. The lowest BCUT2D eigenvalue weighted by molar-refractivity contribution is 0.0878. The number of hydrogen-bond acceptors (Lipinski definition) is 6. The first kappa shape index (κ1) is 20.7. The van der Waals surface area contributed by atoms with Crippen LogP contribution in [-0.2, 0) is 0 Å². The molecule has 24 heavy (non-hydrogen) atoms. The molecule has 0 radical (unpaired) electrons. The second-order valence-electron chi connectivity index (χ2n) is 4.52. The van der Waals surface area contributed by atoms with Crippen LogP contribution in [0.15, 0.2) is 24.3 Å². The van der Waals surface area contributed by atoms with Gasteiger partial charge in [-0.1, -0.05) is 48.0 Å². The molecule has 1 aromatic carbocycles. The van der Waals surface area contributed by atoms with Crippen molar-refractivity contribution >= 4 is 68.4 Å². The van der Waals surface area contributed by atoms with Gasteiger partial charge in [-0.25, -0.2) is 0 Å². The van der Waals surface area contributed by atoms with Gasteiger partial charge >= 0.3 is 0 Å². The van der Waals surface area contributed by atoms with Crippen LogP contribution < -0.4 is 10.9 Å². The van der Waals surface area contributed by atoms with Crippen molar-refractivity contribution in [3.63, 3.8) is 0 Å². The standard InChI is InChI=1S/C14H18N4O2S4/c1-17(13(21)23-3)15-11(19)9-5-7-10(8-6-9)12(20)16-18(2)14(22)24-4/h5-8H,1-4H3,(H,15,19)(H,16,20). The average Bonchev–Trinajstić information content (AvgIpc) is 2.59. The minimum absolute atomic E-state index is 0.304. The highest BCUT2D eigenvalue weighted by Crippen LogP contribution is 2.07. The minimum atomic E-state index is -0.304. The van der Waals surface area contributed by atoms with Crippen LogP contribution in [0.2, 0.25) is 0 Å². The molecule has 0 atom stereocenters. The Kier molecular flexibility index (Phi) is 8.46. The molecule has 0 aliphatic heterocycles. The van der Waals surface area contributed by atoms with Crippen molar-refractivity contribution in [1.29, 1.82) is 0 Å². The minimum Gasteiger partial charge on any atom is -0.272 e. The van der Waals surface area contributed by atoms with E-state index in [1.165, 1.54) is 33.5 Å². The maximum absolute atomic E-state index is 12.1. The van der Waals surface area contributed by atoms with Gasteiger partial charge < -0.3 is 0 Å². The van der Waals surface area contributed by atoms with Crippen molar-refractivity contribution in [2.24, 2.45) is 0 Å². The van der Waals surface area contributed by atoms with Gasteiger partial charge in [0, 0.05) is 25.2 Å². The summed E-state index contributed by atoms with van der Waals surface area (Å²) >= 11 is 12.9. The number of benzene rings is 1. The fourth-order valence-corrected chi connectivity index (χ4v) is 2.30. The summed E-state index contributed by atoms with van der Waals surface area (Å²) in [5.74, 6) is -0.608. The van der Waals surface area contributed by atoms with Gasteiger partial charge in [0.25, 0.3) is 11.8 Å². The molecule has 0 fully saturated rings. The van der Waals surface area contributed by atoms with E-state index < -0.39 is 0 Å². The maximum Gasteiger partial charge on any atom is 0.269 e. The van der Waals surface area contributed by atoms with E-state index in [1.807, 2.05) is 12.5 Å². The monoisotopic (exact) mass is 402 g/mol. The Balaban J connectivity index is 2.71. The average molecular weight is 403 g/mol. The summed E-state index contributed by atoms with van der Waals surface area (Å²) in [5.41, 5.74) is 6.16. The summed E-state index contributed by atoms with van der Waals surface area (Å²) in [6.45, 7) is 0. The van der Waals surface area contributed by atoms with E-state index in [9.17, 15) is 9.59 Å². The molecule has 6 nitrogen and oxygen atoms in total. The van der Waals surface area contributed by atoms with Gasteiger partial charge in [0.2, 0.25) is 0 Å². The number of nitrogens with one attached hydrogen (secondary N) is 2. The van der Waals surface area contributed by atoms with Gasteiger partial charge in [-0.3, -0.25) is 30.5 Å². The fraction of sp³-hybridized carbons (Fsp3) is 0.286. The molecule has 0 unspecified atom stereocenters. The SMILES string of the molecule is CSC(=S)N(C)NC(=O)c1ccc(C(=O)NN(C)C(=S)SC)cc1. The molecule has 0 saturated carbocycles. The Morgan fingerprint density at radius 3 is 1.38 bits per heavy atom. The molecule has 1 rings (SSSR count). The van der Waals surface area contributed by atoms with Crippen molar-refractivity contribution in [2.45, 2.75) is 0 Å². The van der Waals surface area contributed by atoms with E-state index in [-0.39, 0.29) is 11.8 Å². The molecule has 0 aliphatic rings. The number of hydrogen-bond donors (Lipinski definition) is 2. The van der Waals surface area contributed by atoms with Crippen LogP contribution >= 0.6 is 48.0 Å². The van der Waals surface area contributed by atoms with E-state index in [0.717, 1.165) is 0 Å². The summed E-state index contributed by atoms with van der Waals surface area (Å²) in [5, 5.41) is 2.95. The molecular formula is C14H18N4O2S4. The fourth-order valence-electron chi connectivity index (χ4n) is 1.57. The normalized spacial score (nSPS) is 9.83. The number of amides is 2. The van der Waals surface area contributed by atoms with Crippen LogP contribution in [-0.4, -0.2) is 57.1 Å². The molecule has 10 heteroatoms. The molecule has 130 valence electrons. The summed E-state index contributed by atoms with van der Waals surface area (Å²) in [6, 6.07) is 6.31. The molecule has 0 saturated heterocycles. The van der Waals surface area contributed by atoms with E-state index in [4.69, 9.17) is 24.4 Å². The number of carbonyl (C=O) groups excluding carboxylic acids is 2. The predicted octanol–water partition coefficient (Wildman–Crippen LogP) is 2.14. The third-order valence-electron chi connectivity index (χ3n) is 2.84. The number of rotatable bonds is 2. The van der Waals surface area contributed by atoms with Crippen LogP contribution in [0.25, 0.3) is 0 Å². The van der Waals surface area contributed by atoms with Crippen molar-refractivity contribution in [3.8, 4) is 0 Å². The molecule has 0 heterocycles. The number of carbonyl (C=O) groups is 2. The van der Waals surface area contributed by atoms with Crippen molar-refractivity contribution in [3.05, 3.63) is 35.4 Å². The first-order chi connectivity index (χ1) is 11.3. The third-order valence-corrected chi connectivity index (χ3v) is 5.64. The highest BCUT2D eigenvalue weighted by atomic mass is 32.2. The first-order valence-corrected chi connectivity index (χ1v) is 9.92. The zero-order valence-electron chi connectivity index (χ0n) is 13.7. The van der Waals surface area contributed by atoms with Gasteiger partial charge in [0.05, 0.1) is 0 Å². The van der Waals surface area contributed by atoms with Crippen LogP contribution in [0, 0.1) is 0 Å². The predicted molar refractivity (Wildman–Crippen MR) is 109 cm³/mol.